The molecule has 0 spiro atoms. The summed E-state index contributed by atoms with van der Waals surface area (Å²) in [6.45, 7) is 4.02. The maximum Gasteiger partial charge on any atom is 0.210 e. The first-order valence-corrected chi connectivity index (χ1v) is 8.10. The van der Waals surface area contributed by atoms with Crippen LogP contribution in [-0.2, 0) is 16.3 Å². The van der Waals surface area contributed by atoms with Crippen LogP contribution >= 0.6 is 17.0 Å². The Balaban J connectivity index is 3.97. The van der Waals surface area contributed by atoms with E-state index in [1.54, 1.807) is 13.4 Å². The predicted octanol–water partition coefficient (Wildman–Crippen LogP) is 2.25. The van der Waals surface area contributed by atoms with Gasteiger partial charge in [0.25, 0.3) is 0 Å². The van der Waals surface area contributed by atoms with Crippen LogP contribution in [0.15, 0.2) is 4.99 Å². The van der Waals surface area contributed by atoms with Gasteiger partial charge in [-0.05, 0) is 31.9 Å². The van der Waals surface area contributed by atoms with E-state index in [1.165, 1.54) is 11.4 Å². The topological polar surface area (TPSA) is 33.6 Å². The van der Waals surface area contributed by atoms with Crippen LogP contribution in [0, 0.1) is 0 Å². The normalized spacial score (nSPS) is 16.8. The molecule has 0 aliphatic carbocycles. The van der Waals surface area contributed by atoms with Crippen LogP contribution in [-0.4, -0.2) is 25.7 Å². The fourth-order valence-corrected chi connectivity index (χ4v) is 2.05. The van der Waals surface area contributed by atoms with Gasteiger partial charge in [-0.1, -0.05) is 11.4 Å². The lowest BCUT2D eigenvalue weighted by Crippen LogP contribution is -2.07. The lowest BCUT2D eigenvalue weighted by atomic mass is 10.4. The minimum atomic E-state index is -1.89. The third kappa shape index (κ3) is 5.14. The zero-order valence-corrected chi connectivity index (χ0v) is 10.3. The summed E-state index contributed by atoms with van der Waals surface area (Å²) in [5.74, 6) is 0. The molecule has 6 heteroatoms. The summed E-state index contributed by atoms with van der Waals surface area (Å²) in [5, 5.41) is 3.00. The fraction of sp³-hybridized carbons (Fsp3) is 0.833. The molecule has 1 atom stereocenters. The molecule has 0 aromatic rings. The number of aliphatic imine (C=N–C) groups is 1. The van der Waals surface area contributed by atoms with Gasteiger partial charge in [0.05, 0.1) is 6.34 Å². The van der Waals surface area contributed by atoms with Crippen LogP contribution in [0.2, 0.25) is 0 Å². The second-order valence-corrected chi connectivity index (χ2v) is 9.22. The molecule has 0 bridgehead atoms. The Kier molecular flexibility index (Phi) is 6.19. The molecular formula is C6H15N2OPS2. The van der Waals surface area contributed by atoms with Crippen molar-refractivity contribution in [3.63, 3.8) is 0 Å². The molecule has 0 radical (unpaired) electrons. The summed E-state index contributed by atoms with van der Waals surface area (Å²) in [7, 11) is 1.62. The molecule has 0 saturated heterocycles. The number of nitrogens with one attached hydrogen (secondary N) is 1. The highest BCUT2D eigenvalue weighted by Gasteiger charge is 2.10. The van der Waals surface area contributed by atoms with Crippen molar-refractivity contribution in [1.82, 2.24) is 5.09 Å². The average Bonchev–Trinajstić information content (AvgIpc) is 2.03. The summed E-state index contributed by atoms with van der Waals surface area (Å²) in [4.78, 5) is 4.14. The van der Waals surface area contributed by atoms with Crippen molar-refractivity contribution in [2.24, 2.45) is 4.99 Å². The molecule has 1 N–H and O–H groups in total. The largest absolute Gasteiger partial charge is 0.330 e. The van der Waals surface area contributed by atoms with E-state index in [4.69, 9.17) is 16.3 Å². The SMILES string of the molecule is COP(=S)(NC=NC(C)C)SC. The third-order valence-corrected chi connectivity index (χ3v) is 6.77. The van der Waals surface area contributed by atoms with E-state index in [0.717, 1.165) is 0 Å². The molecule has 0 aromatic carbocycles. The molecule has 0 aromatic heterocycles. The van der Waals surface area contributed by atoms with Crippen LogP contribution in [0.4, 0.5) is 0 Å². The minimum absolute atomic E-state index is 0.291. The highest BCUT2D eigenvalue weighted by atomic mass is 32.9. The monoisotopic (exact) mass is 226 g/mol. The summed E-state index contributed by atoms with van der Waals surface area (Å²) in [6.07, 6.45) is 3.58. The molecule has 12 heavy (non-hydrogen) atoms. The Hall–Kier alpha value is 0.430. The second-order valence-electron chi connectivity index (χ2n) is 2.36. The Labute approximate surface area is 83.3 Å². The van der Waals surface area contributed by atoms with Crippen LogP contribution in [0.5, 0.6) is 0 Å². The maximum atomic E-state index is 5.21. The van der Waals surface area contributed by atoms with E-state index < -0.39 is 5.62 Å². The van der Waals surface area contributed by atoms with Gasteiger partial charge in [-0.25, -0.2) is 0 Å². The van der Waals surface area contributed by atoms with Crippen molar-refractivity contribution in [2.45, 2.75) is 19.9 Å². The van der Waals surface area contributed by atoms with Crippen LogP contribution < -0.4 is 5.09 Å². The van der Waals surface area contributed by atoms with Crippen molar-refractivity contribution in [3.05, 3.63) is 0 Å². The Morgan fingerprint density at radius 3 is 2.58 bits per heavy atom. The van der Waals surface area contributed by atoms with E-state index in [9.17, 15) is 0 Å². The van der Waals surface area contributed by atoms with Gasteiger partial charge in [0, 0.05) is 13.2 Å². The zero-order chi connectivity index (χ0) is 9.61. The summed E-state index contributed by atoms with van der Waals surface area (Å²) in [6, 6.07) is 0.291. The third-order valence-electron chi connectivity index (χ3n) is 1.07. The maximum absolute atomic E-state index is 5.21. The molecule has 0 aliphatic rings. The first kappa shape index (κ1) is 12.4. The van der Waals surface area contributed by atoms with Crippen molar-refractivity contribution >= 4 is 35.1 Å². The smallest absolute Gasteiger partial charge is 0.210 e. The zero-order valence-electron chi connectivity index (χ0n) is 7.77. The number of hydrogen-bond acceptors (Lipinski definition) is 4. The van der Waals surface area contributed by atoms with E-state index in [0.29, 0.717) is 6.04 Å². The van der Waals surface area contributed by atoms with E-state index in [-0.39, 0.29) is 0 Å². The lowest BCUT2D eigenvalue weighted by molar-refractivity contribution is 0.468. The van der Waals surface area contributed by atoms with E-state index >= 15 is 0 Å². The van der Waals surface area contributed by atoms with E-state index in [2.05, 4.69) is 10.1 Å². The molecule has 3 nitrogen and oxygen atoms in total. The Morgan fingerprint density at radius 1 is 1.67 bits per heavy atom. The number of rotatable bonds is 5. The minimum Gasteiger partial charge on any atom is -0.330 e. The standard InChI is InChI=1S/C6H15N2OPS2/c1-6(2)7-5-8-10(11,9-3)12-4/h5-6H,1-4H3,(H,7,8,11). The first-order valence-electron chi connectivity index (χ1n) is 3.55. The summed E-state index contributed by atoms with van der Waals surface area (Å²) >= 11 is 6.73. The molecule has 0 amide bonds. The van der Waals surface area contributed by atoms with Gasteiger partial charge in [0.1, 0.15) is 0 Å². The van der Waals surface area contributed by atoms with Gasteiger partial charge in [0.15, 0.2) is 0 Å². The van der Waals surface area contributed by atoms with Crippen molar-refractivity contribution < 1.29 is 4.52 Å². The van der Waals surface area contributed by atoms with Crippen molar-refractivity contribution in [2.75, 3.05) is 13.4 Å². The second kappa shape index (κ2) is 5.97. The fourth-order valence-electron chi connectivity index (χ4n) is 0.433. The predicted molar refractivity (Wildman–Crippen MR) is 61.6 cm³/mol. The molecule has 0 saturated carbocycles. The Morgan fingerprint density at radius 2 is 2.25 bits per heavy atom. The van der Waals surface area contributed by atoms with Crippen LogP contribution in [0.1, 0.15) is 13.8 Å². The molecule has 0 rings (SSSR count). The lowest BCUT2D eigenvalue weighted by Gasteiger charge is -2.16. The van der Waals surface area contributed by atoms with Crippen LogP contribution in [0.25, 0.3) is 0 Å². The summed E-state index contributed by atoms with van der Waals surface area (Å²) in [5.41, 5.74) is -1.89. The van der Waals surface area contributed by atoms with Gasteiger partial charge >= 0.3 is 0 Å². The molecule has 0 aliphatic heterocycles. The molecule has 1 unspecified atom stereocenters. The van der Waals surface area contributed by atoms with Crippen LogP contribution in [0.3, 0.4) is 0 Å². The number of nitrogens with zero attached hydrogens (tertiary/aromatic N) is 1. The molecule has 72 valence electrons. The van der Waals surface area contributed by atoms with Gasteiger partial charge < -0.3 is 9.61 Å². The molecular weight excluding hydrogens is 211 g/mol. The highest BCUT2D eigenvalue weighted by Crippen LogP contribution is 2.53. The molecule has 0 fully saturated rings. The van der Waals surface area contributed by atoms with Gasteiger partial charge in [-0.15, -0.1) is 0 Å². The summed E-state index contributed by atoms with van der Waals surface area (Å²) < 4.78 is 5.16. The number of hydrogen-bond donors (Lipinski definition) is 1. The van der Waals surface area contributed by atoms with Gasteiger partial charge in [-0.3, -0.25) is 4.99 Å². The average molecular weight is 226 g/mol. The van der Waals surface area contributed by atoms with Crippen molar-refractivity contribution in [3.8, 4) is 0 Å². The first-order chi connectivity index (χ1) is 5.54. The van der Waals surface area contributed by atoms with Gasteiger partial charge in [0.2, 0.25) is 5.62 Å². The molecule has 0 heterocycles. The quantitative estimate of drug-likeness (QED) is 0.443. The highest BCUT2D eigenvalue weighted by molar-refractivity contribution is 8.68. The van der Waals surface area contributed by atoms with Crippen molar-refractivity contribution in [1.29, 1.82) is 0 Å². The van der Waals surface area contributed by atoms with Gasteiger partial charge in [-0.2, -0.15) is 0 Å². The Bertz CT molecular complexity index is 188. The van der Waals surface area contributed by atoms with E-state index in [1.807, 2.05) is 20.1 Å².